The quantitative estimate of drug-likeness (QED) is 0.856. The Kier molecular flexibility index (Phi) is 4.62. The molecule has 0 bridgehead atoms. The lowest BCUT2D eigenvalue weighted by Crippen LogP contribution is -2.46. The summed E-state index contributed by atoms with van der Waals surface area (Å²) in [6.45, 7) is 3.91. The van der Waals surface area contributed by atoms with E-state index in [1.807, 2.05) is 54.9 Å². The Hall–Kier alpha value is -2.30. The first-order chi connectivity index (χ1) is 10.0. The molecule has 1 amide bonds. The number of ether oxygens (including phenoxy) is 1. The second-order valence-corrected chi connectivity index (χ2v) is 5.31. The van der Waals surface area contributed by atoms with Gasteiger partial charge in [-0.1, -0.05) is 32.0 Å². The van der Waals surface area contributed by atoms with Gasteiger partial charge in [0.1, 0.15) is 12.6 Å². The molecule has 21 heavy (non-hydrogen) atoms. The number of amides is 1. The van der Waals surface area contributed by atoms with Crippen LogP contribution in [-0.2, 0) is 20.9 Å². The number of hydrogen-bond acceptors (Lipinski definition) is 3. The van der Waals surface area contributed by atoms with Gasteiger partial charge >= 0.3 is 5.97 Å². The van der Waals surface area contributed by atoms with Crippen LogP contribution >= 0.6 is 0 Å². The van der Waals surface area contributed by atoms with Crippen molar-refractivity contribution in [3.05, 3.63) is 36.5 Å². The summed E-state index contributed by atoms with van der Waals surface area (Å²) < 4.78 is 6.58. The molecule has 2 aromatic rings. The summed E-state index contributed by atoms with van der Waals surface area (Å²) in [6.07, 6.45) is 1.87. The molecule has 1 heterocycles. The van der Waals surface area contributed by atoms with Crippen LogP contribution in [0.5, 0.6) is 0 Å². The maximum atomic E-state index is 12.1. The summed E-state index contributed by atoms with van der Waals surface area (Å²) in [5, 5.41) is 3.82. The minimum atomic E-state index is -0.621. The van der Waals surface area contributed by atoms with Gasteiger partial charge in [-0.15, -0.1) is 0 Å². The first-order valence-electron chi connectivity index (χ1n) is 6.94. The Morgan fingerprint density at radius 2 is 1.95 bits per heavy atom. The largest absolute Gasteiger partial charge is 0.467 e. The summed E-state index contributed by atoms with van der Waals surface area (Å²) >= 11 is 0. The number of methoxy groups -OCH3 is 1. The van der Waals surface area contributed by atoms with Gasteiger partial charge in [0.2, 0.25) is 5.91 Å². The molecule has 1 aromatic carbocycles. The number of hydrogen-bond donors (Lipinski definition) is 1. The molecular formula is C16H20N2O3. The number of nitrogens with one attached hydrogen (secondary N) is 1. The van der Waals surface area contributed by atoms with Crippen molar-refractivity contribution in [2.45, 2.75) is 26.4 Å². The molecule has 0 fully saturated rings. The normalized spacial score (nSPS) is 12.4. The Morgan fingerprint density at radius 3 is 2.62 bits per heavy atom. The van der Waals surface area contributed by atoms with Gasteiger partial charge in [-0.2, -0.15) is 0 Å². The maximum Gasteiger partial charge on any atom is 0.328 e. The lowest BCUT2D eigenvalue weighted by atomic mass is 10.0. The van der Waals surface area contributed by atoms with Crippen LogP contribution in [0, 0.1) is 5.92 Å². The van der Waals surface area contributed by atoms with Gasteiger partial charge in [-0.3, -0.25) is 4.79 Å². The second-order valence-electron chi connectivity index (χ2n) is 5.31. The maximum absolute atomic E-state index is 12.1. The number of nitrogens with zero attached hydrogens (tertiary/aromatic N) is 1. The van der Waals surface area contributed by atoms with E-state index in [1.165, 1.54) is 7.11 Å². The van der Waals surface area contributed by atoms with Crippen molar-refractivity contribution in [2.24, 2.45) is 5.92 Å². The topological polar surface area (TPSA) is 60.3 Å². The van der Waals surface area contributed by atoms with Gasteiger partial charge in [0.05, 0.1) is 7.11 Å². The fourth-order valence-corrected chi connectivity index (χ4v) is 2.28. The van der Waals surface area contributed by atoms with E-state index in [-0.39, 0.29) is 18.4 Å². The third-order valence-electron chi connectivity index (χ3n) is 3.43. The van der Waals surface area contributed by atoms with Crippen LogP contribution in [0.25, 0.3) is 10.9 Å². The molecule has 0 radical (unpaired) electrons. The molecule has 2 rings (SSSR count). The van der Waals surface area contributed by atoms with Crippen LogP contribution in [0.3, 0.4) is 0 Å². The molecule has 0 saturated carbocycles. The number of para-hydroxylation sites is 1. The van der Waals surface area contributed by atoms with Crippen molar-refractivity contribution >= 4 is 22.8 Å². The Balaban J connectivity index is 2.09. The fraction of sp³-hybridized carbons (Fsp3) is 0.375. The highest BCUT2D eigenvalue weighted by Crippen LogP contribution is 2.14. The van der Waals surface area contributed by atoms with Crippen LogP contribution in [0.2, 0.25) is 0 Å². The average molecular weight is 288 g/mol. The summed E-state index contributed by atoms with van der Waals surface area (Å²) in [4.78, 5) is 23.8. The highest BCUT2D eigenvalue weighted by Gasteiger charge is 2.24. The third-order valence-corrected chi connectivity index (χ3v) is 3.43. The van der Waals surface area contributed by atoms with Gasteiger partial charge in [-0.25, -0.2) is 4.79 Å². The van der Waals surface area contributed by atoms with Crippen LogP contribution in [0.1, 0.15) is 13.8 Å². The van der Waals surface area contributed by atoms with Crippen molar-refractivity contribution in [2.75, 3.05) is 7.11 Å². The zero-order valence-electron chi connectivity index (χ0n) is 12.5. The highest BCUT2D eigenvalue weighted by atomic mass is 16.5. The molecule has 5 heteroatoms. The number of aromatic nitrogens is 1. The molecule has 1 atom stereocenters. The molecule has 1 unspecified atom stereocenters. The molecule has 0 aliphatic carbocycles. The van der Waals surface area contributed by atoms with E-state index in [9.17, 15) is 9.59 Å². The summed E-state index contributed by atoms with van der Waals surface area (Å²) in [6, 6.07) is 9.19. The minimum Gasteiger partial charge on any atom is -0.467 e. The van der Waals surface area contributed by atoms with Crippen LogP contribution in [0.15, 0.2) is 36.5 Å². The standard InChI is InChI=1S/C16H20N2O3/c1-11(2)15(16(20)21-3)17-14(19)10-18-9-8-12-6-4-5-7-13(12)18/h4-9,11,15H,10H2,1-3H3,(H,17,19). The molecule has 112 valence electrons. The molecule has 5 nitrogen and oxygen atoms in total. The summed E-state index contributed by atoms with van der Waals surface area (Å²) in [7, 11) is 1.32. The first-order valence-corrected chi connectivity index (χ1v) is 6.94. The lowest BCUT2D eigenvalue weighted by Gasteiger charge is -2.20. The van der Waals surface area contributed by atoms with E-state index in [1.54, 1.807) is 0 Å². The van der Waals surface area contributed by atoms with E-state index in [4.69, 9.17) is 4.74 Å². The number of carbonyl (C=O) groups is 2. The lowest BCUT2D eigenvalue weighted by molar-refractivity contribution is -0.146. The predicted octanol–water partition coefficient (Wildman–Crippen LogP) is 1.96. The number of fused-ring (bicyclic) bond motifs is 1. The van der Waals surface area contributed by atoms with Gasteiger partial charge in [0.25, 0.3) is 0 Å². The summed E-state index contributed by atoms with van der Waals surface area (Å²) in [5.41, 5.74) is 0.992. The number of rotatable bonds is 5. The minimum absolute atomic E-state index is 0.0252. The Bertz CT molecular complexity index is 646. The van der Waals surface area contributed by atoms with Crippen molar-refractivity contribution in [1.82, 2.24) is 9.88 Å². The second kappa shape index (κ2) is 6.43. The van der Waals surface area contributed by atoms with E-state index in [0.29, 0.717) is 0 Å². The molecular weight excluding hydrogens is 268 g/mol. The van der Waals surface area contributed by atoms with Gasteiger partial charge in [0, 0.05) is 11.7 Å². The van der Waals surface area contributed by atoms with Gasteiger partial charge in [-0.05, 0) is 23.4 Å². The Labute approximate surface area is 123 Å². The van der Waals surface area contributed by atoms with Crippen LogP contribution in [-0.4, -0.2) is 29.6 Å². The van der Waals surface area contributed by atoms with E-state index in [0.717, 1.165) is 10.9 Å². The third kappa shape index (κ3) is 3.42. The molecule has 0 aliphatic heterocycles. The first kappa shape index (κ1) is 15.1. The summed E-state index contributed by atoms with van der Waals surface area (Å²) in [5.74, 6) is -0.654. The van der Waals surface area contributed by atoms with E-state index >= 15 is 0 Å². The molecule has 1 N–H and O–H groups in total. The molecule has 1 aromatic heterocycles. The van der Waals surface area contributed by atoms with Crippen LogP contribution < -0.4 is 5.32 Å². The monoisotopic (exact) mass is 288 g/mol. The number of carbonyl (C=O) groups excluding carboxylic acids is 2. The van der Waals surface area contributed by atoms with E-state index in [2.05, 4.69) is 5.32 Å². The fourth-order valence-electron chi connectivity index (χ4n) is 2.28. The predicted molar refractivity (Wildman–Crippen MR) is 80.7 cm³/mol. The zero-order valence-corrected chi connectivity index (χ0v) is 12.5. The van der Waals surface area contributed by atoms with Crippen molar-refractivity contribution in [3.8, 4) is 0 Å². The molecule has 0 saturated heterocycles. The van der Waals surface area contributed by atoms with Crippen molar-refractivity contribution in [3.63, 3.8) is 0 Å². The highest BCUT2D eigenvalue weighted by molar-refractivity contribution is 5.86. The smallest absolute Gasteiger partial charge is 0.328 e. The van der Waals surface area contributed by atoms with Gasteiger partial charge in [0.15, 0.2) is 0 Å². The van der Waals surface area contributed by atoms with Gasteiger partial charge < -0.3 is 14.6 Å². The number of esters is 1. The van der Waals surface area contributed by atoms with Crippen molar-refractivity contribution < 1.29 is 14.3 Å². The van der Waals surface area contributed by atoms with Crippen molar-refractivity contribution in [1.29, 1.82) is 0 Å². The zero-order chi connectivity index (χ0) is 15.4. The van der Waals surface area contributed by atoms with Crippen LogP contribution in [0.4, 0.5) is 0 Å². The Morgan fingerprint density at radius 1 is 1.24 bits per heavy atom. The average Bonchev–Trinajstić information content (AvgIpc) is 2.87. The van der Waals surface area contributed by atoms with E-state index < -0.39 is 12.0 Å². The SMILES string of the molecule is COC(=O)C(NC(=O)Cn1ccc2ccccc21)C(C)C. The molecule has 0 aliphatic rings. The number of benzene rings is 1. The molecule has 0 spiro atoms.